The highest BCUT2D eigenvalue weighted by Gasteiger charge is 2.45. The molecule has 3 aliphatic rings. The van der Waals surface area contributed by atoms with Gasteiger partial charge in [0.2, 0.25) is 10.0 Å². The molecule has 0 radical (unpaired) electrons. The first-order valence-electron chi connectivity index (χ1n) is 10.6. The van der Waals surface area contributed by atoms with E-state index in [-0.39, 0.29) is 24.5 Å². The van der Waals surface area contributed by atoms with E-state index in [1.165, 1.54) is 17.4 Å². The first kappa shape index (κ1) is 22.7. The zero-order valence-corrected chi connectivity index (χ0v) is 19.2. The summed E-state index contributed by atoms with van der Waals surface area (Å²) in [6.07, 6.45) is 5.32. The SMILES string of the molecule is CCOc1cc2c(cc1OCC)[C@H]1C[C@H]3[C@H](CCCN3S(C)(=O)=O)CN1CC2.Cl. The van der Waals surface area contributed by atoms with Crippen molar-refractivity contribution in [3.8, 4) is 11.5 Å². The zero-order valence-electron chi connectivity index (χ0n) is 17.6. The van der Waals surface area contributed by atoms with Gasteiger partial charge in [0, 0.05) is 31.7 Å². The molecule has 0 aliphatic carbocycles. The van der Waals surface area contributed by atoms with E-state index >= 15 is 0 Å². The Morgan fingerprint density at radius 1 is 1.10 bits per heavy atom. The molecule has 1 aromatic carbocycles. The van der Waals surface area contributed by atoms with Crippen molar-refractivity contribution in [2.24, 2.45) is 5.92 Å². The van der Waals surface area contributed by atoms with Gasteiger partial charge in [0.25, 0.3) is 0 Å². The van der Waals surface area contributed by atoms with E-state index in [9.17, 15) is 8.42 Å². The summed E-state index contributed by atoms with van der Waals surface area (Å²) in [6, 6.07) is 4.65. The highest BCUT2D eigenvalue weighted by Crippen LogP contribution is 2.46. The summed E-state index contributed by atoms with van der Waals surface area (Å²) in [5, 5.41) is 0. The van der Waals surface area contributed by atoms with E-state index in [0.29, 0.717) is 25.7 Å². The molecule has 164 valence electrons. The molecule has 0 amide bonds. The minimum atomic E-state index is -3.17. The molecule has 2 saturated heterocycles. The molecule has 0 N–H and O–H groups in total. The number of nitrogens with zero attached hydrogens (tertiary/aromatic N) is 2. The maximum atomic E-state index is 12.4. The average molecular weight is 445 g/mol. The van der Waals surface area contributed by atoms with Crippen LogP contribution in [0.5, 0.6) is 11.5 Å². The van der Waals surface area contributed by atoms with E-state index < -0.39 is 10.0 Å². The van der Waals surface area contributed by atoms with Gasteiger partial charge in [0.05, 0.1) is 19.5 Å². The summed E-state index contributed by atoms with van der Waals surface area (Å²) in [5.41, 5.74) is 2.60. The number of sulfonamides is 1. The van der Waals surface area contributed by atoms with Crippen molar-refractivity contribution in [2.75, 3.05) is 39.1 Å². The zero-order chi connectivity index (χ0) is 19.9. The predicted molar refractivity (Wildman–Crippen MR) is 117 cm³/mol. The highest BCUT2D eigenvalue weighted by molar-refractivity contribution is 7.88. The summed E-state index contributed by atoms with van der Waals surface area (Å²) >= 11 is 0. The monoisotopic (exact) mass is 444 g/mol. The molecule has 3 atom stereocenters. The Labute approximate surface area is 181 Å². The minimum absolute atomic E-state index is 0. The normalized spacial score (nSPS) is 27.2. The van der Waals surface area contributed by atoms with Gasteiger partial charge < -0.3 is 9.47 Å². The number of hydrogen-bond acceptors (Lipinski definition) is 5. The van der Waals surface area contributed by atoms with Crippen LogP contribution in [0.1, 0.15) is 50.3 Å². The van der Waals surface area contributed by atoms with Gasteiger partial charge in [-0.05, 0) is 68.7 Å². The molecule has 3 heterocycles. The number of benzene rings is 1. The van der Waals surface area contributed by atoms with Crippen LogP contribution in [0.25, 0.3) is 0 Å². The van der Waals surface area contributed by atoms with Gasteiger partial charge in [-0.3, -0.25) is 4.90 Å². The average Bonchev–Trinajstić information content (AvgIpc) is 2.66. The molecule has 0 aromatic heterocycles. The maximum Gasteiger partial charge on any atom is 0.211 e. The van der Waals surface area contributed by atoms with Crippen molar-refractivity contribution in [3.05, 3.63) is 23.3 Å². The van der Waals surface area contributed by atoms with Gasteiger partial charge in [0.15, 0.2) is 11.5 Å². The number of rotatable bonds is 5. The topological polar surface area (TPSA) is 59.1 Å². The first-order chi connectivity index (χ1) is 13.4. The van der Waals surface area contributed by atoms with Crippen LogP contribution in [0.15, 0.2) is 12.1 Å². The molecule has 0 spiro atoms. The summed E-state index contributed by atoms with van der Waals surface area (Å²) in [5.74, 6) is 2.06. The van der Waals surface area contributed by atoms with Crippen molar-refractivity contribution in [1.29, 1.82) is 0 Å². The standard InChI is InChI=1S/C21H32N2O4S.ClH/c1-4-26-20-11-15-8-10-22-14-16-7-6-9-23(28(3,24)25)18(16)13-19(22)17(15)12-21(20)27-5-2;/h11-12,16,18-19H,4-10,13-14H2,1-3H3;1H/t16-,18+,19-;/m1./s1. The van der Waals surface area contributed by atoms with Crippen LogP contribution in [0.3, 0.4) is 0 Å². The van der Waals surface area contributed by atoms with Gasteiger partial charge >= 0.3 is 0 Å². The van der Waals surface area contributed by atoms with Gasteiger partial charge in [0.1, 0.15) is 0 Å². The molecule has 29 heavy (non-hydrogen) atoms. The second-order valence-electron chi connectivity index (χ2n) is 8.20. The molecule has 1 aromatic rings. The van der Waals surface area contributed by atoms with Crippen LogP contribution in [0.2, 0.25) is 0 Å². The third kappa shape index (κ3) is 4.38. The first-order valence-corrected chi connectivity index (χ1v) is 12.4. The number of piperidine rings is 2. The minimum Gasteiger partial charge on any atom is -0.490 e. The van der Waals surface area contributed by atoms with Gasteiger partial charge in [-0.15, -0.1) is 12.4 Å². The summed E-state index contributed by atoms with van der Waals surface area (Å²) in [6.45, 7) is 7.85. The van der Waals surface area contributed by atoms with E-state index in [1.54, 1.807) is 4.31 Å². The molecule has 6 nitrogen and oxygen atoms in total. The Morgan fingerprint density at radius 3 is 2.45 bits per heavy atom. The van der Waals surface area contributed by atoms with Gasteiger partial charge in [-0.1, -0.05) is 0 Å². The van der Waals surface area contributed by atoms with Crippen molar-refractivity contribution in [1.82, 2.24) is 9.21 Å². The second kappa shape index (κ2) is 9.00. The van der Waals surface area contributed by atoms with Crippen LogP contribution in [0, 0.1) is 5.92 Å². The molecule has 2 fully saturated rings. The molecular formula is C21H33ClN2O4S. The number of halogens is 1. The molecule has 0 saturated carbocycles. The van der Waals surface area contributed by atoms with Gasteiger partial charge in [-0.25, -0.2) is 8.42 Å². The maximum absolute atomic E-state index is 12.4. The van der Waals surface area contributed by atoms with Crippen molar-refractivity contribution in [2.45, 2.75) is 51.6 Å². The van der Waals surface area contributed by atoms with E-state index in [1.807, 2.05) is 13.8 Å². The van der Waals surface area contributed by atoms with Crippen LogP contribution < -0.4 is 9.47 Å². The van der Waals surface area contributed by atoms with Crippen molar-refractivity contribution < 1.29 is 17.9 Å². The lowest BCUT2D eigenvalue weighted by Gasteiger charge is -2.51. The highest BCUT2D eigenvalue weighted by atomic mass is 35.5. The van der Waals surface area contributed by atoms with Crippen molar-refractivity contribution in [3.63, 3.8) is 0 Å². The predicted octanol–water partition coefficient (Wildman–Crippen LogP) is 3.25. The van der Waals surface area contributed by atoms with Crippen LogP contribution in [0.4, 0.5) is 0 Å². The number of ether oxygens (including phenoxy) is 2. The summed E-state index contributed by atoms with van der Waals surface area (Å²) in [4.78, 5) is 2.56. The van der Waals surface area contributed by atoms with Crippen LogP contribution in [-0.2, 0) is 16.4 Å². The lowest BCUT2D eigenvalue weighted by molar-refractivity contribution is 0.0221. The van der Waals surface area contributed by atoms with E-state index in [2.05, 4.69) is 17.0 Å². The van der Waals surface area contributed by atoms with Crippen molar-refractivity contribution >= 4 is 22.4 Å². The third-order valence-electron chi connectivity index (χ3n) is 6.50. The Morgan fingerprint density at radius 2 is 1.79 bits per heavy atom. The lowest BCUT2D eigenvalue weighted by atomic mass is 9.77. The second-order valence-corrected chi connectivity index (χ2v) is 10.1. The number of hydrogen-bond donors (Lipinski definition) is 0. The fourth-order valence-electron chi connectivity index (χ4n) is 5.36. The Hall–Kier alpha value is -1.02. The molecular weight excluding hydrogens is 412 g/mol. The quantitative estimate of drug-likeness (QED) is 0.697. The summed E-state index contributed by atoms with van der Waals surface area (Å²) < 4.78 is 38.2. The molecule has 0 bridgehead atoms. The van der Waals surface area contributed by atoms with E-state index in [4.69, 9.17) is 9.47 Å². The number of fused-ring (bicyclic) bond motifs is 4. The largest absolute Gasteiger partial charge is 0.490 e. The third-order valence-corrected chi connectivity index (χ3v) is 7.81. The van der Waals surface area contributed by atoms with Gasteiger partial charge in [-0.2, -0.15) is 4.31 Å². The fourth-order valence-corrected chi connectivity index (χ4v) is 6.57. The Balaban J connectivity index is 0.00000240. The molecule has 8 heteroatoms. The molecule has 0 unspecified atom stereocenters. The van der Waals surface area contributed by atoms with Crippen LogP contribution in [-0.4, -0.2) is 62.8 Å². The van der Waals surface area contributed by atoms with E-state index in [0.717, 1.165) is 50.3 Å². The fraction of sp³-hybridized carbons (Fsp3) is 0.714. The molecule has 4 rings (SSSR count). The Kier molecular flexibility index (Phi) is 7.03. The molecule has 3 aliphatic heterocycles. The van der Waals surface area contributed by atoms with Crippen LogP contribution >= 0.6 is 12.4 Å². The summed E-state index contributed by atoms with van der Waals surface area (Å²) in [7, 11) is -3.17. The smallest absolute Gasteiger partial charge is 0.211 e. The lowest BCUT2D eigenvalue weighted by Crippen LogP contribution is -2.57. The Bertz CT molecular complexity index is 832.